The van der Waals surface area contributed by atoms with Gasteiger partial charge in [-0.05, 0) is 30.9 Å². The highest BCUT2D eigenvalue weighted by Crippen LogP contribution is 2.22. The number of amides is 1. The van der Waals surface area contributed by atoms with Gasteiger partial charge in [-0.1, -0.05) is 32.0 Å². The van der Waals surface area contributed by atoms with E-state index in [1.807, 2.05) is 18.2 Å². The van der Waals surface area contributed by atoms with Gasteiger partial charge in [-0.2, -0.15) is 0 Å². The third-order valence-electron chi connectivity index (χ3n) is 3.20. The van der Waals surface area contributed by atoms with Gasteiger partial charge in [0.15, 0.2) is 0 Å². The third-order valence-corrected chi connectivity index (χ3v) is 3.20. The lowest BCUT2D eigenvalue weighted by molar-refractivity contribution is -0.117. The Kier molecular flexibility index (Phi) is 6.53. The molecule has 0 aromatic heterocycles. The summed E-state index contributed by atoms with van der Waals surface area (Å²) in [6.07, 6.45) is 1.78. The number of hydrogen-bond donors (Lipinski definition) is 3. The number of rotatable bonds is 7. The number of nitrogens with one attached hydrogen (secondary N) is 2. The molecule has 0 saturated carbocycles. The Morgan fingerprint density at radius 1 is 1.26 bits per heavy atom. The Bertz CT molecular complexity index is 396. The lowest BCUT2D eigenvalue weighted by Crippen LogP contribution is -2.39. The first-order chi connectivity index (χ1) is 9.13. The molecule has 0 heterocycles. The molecule has 0 saturated heterocycles. The van der Waals surface area contributed by atoms with Gasteiger partial charge in [0, 0.05) is 12.2 Å². The van der Waals surface area contributed by atoms with Crippen LogP contribution >= 0.6 is 0 Å². The van der Waals surface area contributed by atoms with E-state index in [9.17, 15) is 4.79 Å². The summed E-state index contributed by atoms with van der Waals surface area (Å²) in [6.45, 7) is 6.41. The van der Waals surface area contributed by atoms with Crippen LogP contribution in [0, 0.1) is 0 Å². The van der Waals surface area contributed by atoms with Crippen molar-refractivity contribution in [1.29, 1.82) is 0 Å². The molecule has 1 rings (SSSR count). The number of aliphatic hydroxyl groups excluding tert-OH is 1. The first-order valence-corrected chi connectivity index (χ1v) is 6.89. The maximum atomic E-state index is 12.1. The second kappa shape index (κ2) is 7.92. The molecule has 1 aromatic rings. The van der Waals surface area contributed by atoms with Crippen LogP contribution in [0.2, 0.25) is 0 Å². The first-order valence-electron chi connectivity index (χ1n) is 6.89. The van der Waals surface area contributed by atoms with Crippen molar-refractivity contribution in [2.24, 2.45) is 0 Å². The maximum Gasteiger partial charge on any atom is 0.241 e. The highest BCUT2D eigenvalue weighted by molar-refractivity contribution is 5.96. The SMILES string of the molecule is CCc1cccc(CC)c1NC(=O)C(C)NCCO. The van der Waals surface area contributed by atoms with Crippen molar-refractivity contribution < 1.29 is 9.90 Å². The summed E-state index contributed by atoms with van der Waals surface area (Å²) < 4.78 is 0. The highest BCUT2D eigenvalue weighted by Gasteiger charge is 2.15. The summed E-state index contributed by atoms with van der Waals surface area (Å²) in [5, 5.41) is 14.7. The fourth-order valence-electron chi connectivity index (χ4n) is 2.01. The molecule has 1 unspecified atom stereocenters. The number of anilines is 1. The summed E-state index contributed by atoms with van der Waals surface area (Å²) in [4.78, 5) is 12.1. The molecular formula is C15H24N2O2. The van der Waals surface area contributed by atoms with Gasteiger partial charge in [-0.3, -0.25) is 4.79 Å². The lowest BCUT2D eigenvalue weighted by atomic mass is 10.0. The fraction of sp³-hybridized carbons (Fsp3) is 0.533. The van der Waals surface area contributed by atoms with Crippen LogP contribution in [0.3, 0.4) is 0 Å². The van der Waals surface area contributed by atoms with Crippen molar-refractivity contribution in [3.63, 3.8) is 0 Å². The maximum absolute atomic E-state index is 12.1. The molecule has 19 heavy (non-hydrogen) atoms. The zero-order valence-electron chi connectivity index (χ0n) is 12.0. The van der Waals surface area contributed by atoms with E-state index < -0.39 is 0 Å². The normalized spacial score (nSPS) is 12.2. The highest BCUT2D eigenvalue weighted by atomic mass is 16.3. The molecule has 106 valence electrons. The Labute approximate surface area is 115 Å². The van der Waals surface area contributed by atoms with Crippen LogP contribution in [0.4, 0.5) is 5.69 Å². The van der Waals surface area contributed by atoms with E-state index in [1.54, 1.807) is 6.92 Å². The van der Waals surface area contributed by atoms with Gasteiger partial charge in [0.1, 0.15) is 0 Å². The minimum absolute atomic E-state index is 0.0311. The minimum Gasteiger partial charge on any atom is -0.395 e. The van der Waals surface area contributed by atoms with E-state index in [2.05, 4.69) is 24.5 Å². The predicted octanol–water partition coefficient (Wildman–Crippen LogP) is 1.72. The second-order valence-electron chi connectivity index (χ2n) is 4.55. The van der Waals surface area contributed by atoms with Crippen molar-refractivity contribution in [3.05, 3.63) is 29.3 Å². The van der Waals surface area contributed by atoms with Crippen LogP contribution in [0.25, 0.3) is 0 Å². The van der Waals surface area contributed by atoms with Gasteiger partial charge in [0.05, 0.1) is 12.6 Å². The number of para-hydroxylation sites is 1. The van der Waals surface area contributed by atoms with Gasteiger partial charge in [-0.15, -0.1) is 0 Å². The summed E-state index contributed by atoms with van der Waals surface area (Å²) in [5.41, 5.74) is 3.25. The molecule has 0 aliphatic carbocycles. The van der Waals surface area contributed by atoms with E-state index >= 15 is 0 Å². The van der Waals surface area contributed by atoms with Crippen LogP contribution in [-0.4, -0.2) is 30.2 Å². The molecule has 4 heteroatoms. The van der Waals surface area contributed by atoms with Crippen LogP contribution in [-0.2, 0) is 17.6 Å². The van der Waals surface area contributed by atoms with E-state index in [0.717, 1.165) is 29.7 Å². The summed E-state index contributed by atoms with van der Waals surface area (Å²) in [7, 11) is 0. The van der Waals surface area contributed by atoms with E-state index in [-0.39, 0.29) is 18.6 Å². The summed E-state index contributed by atoms with van der Waals surface area (Å²) >= 11 is 0. The van der Waals surface area contributed by atoms with Crippen LogP contribution < -0.4 is 10.6 Å². The number of aliphatic hydroxyl groups is 1. The molecule has 3 N–H and O–H groups in total. The summed E-state index contributed by atoms with van der Waals surface area (Å²) in [6, 6.07) is 5.80. The van der Waals surface area contributed by atoms with Gasteiger partial charge < -0.3 is 15.7 Å². The van der Waals surface area contributed by atoms with Crippen molar-refractivity contribution >= 4 is 11.6 Å². The molecule has 1 atom stereocenters. The standard InChI is InChI=1S/C15H24N2O2/c1-4-12-7-6-8-13(5-2)14(12)17-15(19)11(3)16-9-10-18/h6-8,11,16,18H,4-5,9-10H2,1-3H3,(H,17,19). The number of carbonyl (C=O) groups is 1. The van der Waals surface area contributed by atoms with Gasteiger partial charge in [0.25, 0.3) is 0 Å². The van der Waals surface area contributed by atoms with Gasteiger partial charge in [0.2, 0.25) is 5.91 Å². The Morgan fingerprint density at radius 2 is 1.84 bits per heavy atom. The van der Waals surface area contributed by atoms with Crippen molar-refractivity contribution in [3.8, 4) is 0 Å². The molecule has 0 aliphatic rings. The number of hydrogen-bond acceptors (Lipinski definition) is 3. The number of aryl methyl sites for hydroxylation is 2. The number of benzene rings is 1. The topological polar surface area (TPSA) is 61.4 Å². The third kappa shape index (κ3) is 4.33. The summed E-state index contributed by atoms with van der Waals surface area (Å²) in [5.74, 6) is -0.0657. The average Bonchev–Trinajstić information content (AvgIpc) is 2.44. The van der Waals surface area contributed by atoms with E-state index in [0.29, 0.717) is 6.54 Å². The van der Waals surface area contributed by atoms with Crippen molar-refractivity contribution in [1.82, 2.24) is 5.32 Å². The molecular weight excluding hydrogens is 240 g/mol. The molecule has 4 nitrogen and oxygen atoms in total. The van der Waals surface area contributed by atoms with Crippen LogP contribution in [0.1, 0.15) is 31.9 Å². The average molecular weight is 264 g/mol. The molecule has 0 fully saturated rings. The van der Waals surface area contributed by atoms with Crippen LogP contribution in [0.15, 0.2) is 18.2 Å². The zero-order chi connectivity index (χ0) is 14.3. The van der Waals surface area contributed by atoms with Crippen molar-refractivity contribution in [2.75, 3.05) is 18.5 Å². The molecule has 1 amide bonds. The van der Waals surface area contributed by atoms with E-state index in [4.69, 9.17) is 5.11 Å². The largest absolute Gasteiger partial charge is 0.395 e. The first kappa shape index (κ1) is 15.7. The smallest absolute Gasteiger partial charge is 0.241 e. The second-order valence-corrected chi connectivity index (χ2v) is 4.55. The molecule has 0 spiro atoms. The molecule has 0 aliphatic heterocycles. The molecule has 0 bridgehead atoms. The number of carbonyl (C=O) groups excluding carboxylic acids is 1. The fourth-order valence-corrected chi connectivity index (χ4v) is 2.01. The zero-order valence-corrected chi connectivity index (χ0v) is 12.0. The Morgan fingerprint density at radius 3 is 2.32 bits per heavy atom. The lowest BCUT2D eigenvalue weighted by Gasteiger charge is -2.18. The van der Waals surface area contributed by atoms with Crippen molar-refractivity contribution in [2.45, 2.75) is 39.7 Å². The minimum atomic E-state index is -0.318. The quantitative estimate of drug-likeness (QED) is 0.703. The van der Waals surface area contributed by atoms with E-state index in [1.165, 1.54) is 0 Å². The van der Waals surface area contributed by atoms with Crippen LogP contribution in [0.5, 0.6) is 0 Å². The Hall–Kier alpha value is -1.39. The monoisotopic (exact) mass is 264 g/mol. The van der Waals surface area contributed by atoms with Gasteiger partial charge in [-0.25, -0.2) is 0 Å². The molecule has 1 aromatic carbocycles. The molecule has 0 radical (unpaired) electrons. The predicted molar refractivity (Wildman–Crippen MR) is 78.4 cm³/mol. The Balaban J connectivity index is 2.83. The van der Waals surface area contributed by atoms with Gasteiger partial charge >= 0.3 is 0 Å².